The van der Waals surface area contributed by atoms with Gasteiger partial charge in [0.1, 0.15) is 12.2 Å². The van der Waals surface area contributed by atoms with Crippen molar-refractivity contribution in [3.63, 3.8) is 0 Å². The van der Waals surface area contributed by atoms with Crippen molar-refractivity contribution < 1.29 is 4.74 Å². The molecule has 1 aliphatic rings. The van der Waals surface area contributed by atoms with Crippen LogP contribution in [0.4, 0.5) is 0 Å². The second kappa shape index (κ2) is 5.60. The third kappa shape index (κ3) is 3.26. The van der Waals surface area contributed by atoms with Gasteiger partial charge in [0.25, 0.3) is 0 Å². The van der Waals surface area contributed by atoms with Gasteiger partial charge in [-0.1, -0.05) is 0 Å². The second-order valence-electron chi connectivity index (χ2n) is 5.17. The predicted octanol–water partition coefficient (Wildman–Crippen LogP) is 1.33. The highest BCUT2D eigenvalue weighted by Gasteiger charge is 2.18. The summed E-state index contributed by atoms with van der Waals surface area (Å²) in [6.45, 7) is 8.05. The maximum atomic E-state index is 5.40. The normalized spacial score (nSPS) is 20.6. The lowest BCUT2D eigenvalue weighted by Gasteiger charge is -2.20. The highest BCUT2D eigenvalue weighted by Crippen LogP contribution is 2.15. The van der Waals surface area contributed by atoms with Crippen molar-refractivity contribution in [1.82, 2.24) is 19.7 Å². The van der Waals surface area contributed by atoms with E-state index in [-0.39, 0.29) is 0 Å². The summed E-state index contributed by atoms with van der Waals surface area (Å²) in [5, 5.41) is 8.18. The van der Waals surface area contributed by atoms with E-state index in [1.54, 1.807) is 0 Å². The van der Waals surface area contributed by atoms with Crippen molar-refractivity contribution in [2.24, 2.45) is 5.92 Å². The van der Waals surface area contributed by atoms with Gasteiger partial charge in [-0.25, -0.2) is 0 Å². The number of hydrogen-bond donors (Lipinski definition) is 0. The number of ether oxygens (including phenoxy) is 1. The lowest BCUT2D eigenvalue weighted by Crippen LogP contribution is -2.27. The zero-order valence-corrected chi connectivity index (χ0v) is 11.0. The molecule has 1 fully saturated rings. The minimum Gasteiger partial charge on any atom is -0.381 e. The van der Waals surface area contributed by atoms with E-state index >= 15 is 0 Å². The molecule has 0 amide bonds. The lowest BCUT2D eigenvalue weighted by molar-refractivity contribution is 0.171. The van der Waals surface area contributed by atoms with E-state index < -0.39 is 0 Å². The molecule has 0 N–H and O–H groups in total. The highest BCUT2D eigenvalue weighted by atomic mass is 16.5. The molecule has 0 spiro atoms. The van der Waals surface area contributed by atoms with Crippen LogP contribution in [0.25, 0.3) is 0 Å². The third-order valence-corrected chi connectivity index (χ3v) is 3.21. The summed E-state index contributed by atoms with van der Waals surface area (Å²) in [5.74, 6) is 1.72. The Kier molecular flexibility index (Phi) is 4.12. The van der Waals surface area contributed by atoms with Crippen molar-refractivity contribution in [3.05, 3.63) is 12.2 Å². The molecule has 0 aromatic carbocycles. The first kappa shape index (κ1) is 12.5. The van der Waals surface area contributed by atoms with Crippen LogP contribution in [0.15, 0.2) is 6.33 Å². The molecular formula is C12H22N4O. The number of aromatic nitrogens is 3. The summed E-state index contributed by atoms with van der Waals surface area (Å²) in [6.07, 6.45) is 2.99. The Morgan fingerprint density at radius 3 is 3.06 bits per heavy atom. The molecule has 1 atom stereocenters. The average molecular weight is 238 g/mol. The van der Waals surface area contributed by atoms with Crippen LogP contribution in [0, 0.1) is 5.92 Å². The Morgan fingerprint density at radius 2 is 2.41 bits per heavy atom. The number of hydrogen-bond acceptors (Lipinski definition) is 4. The fourth-order valence-corrected chi connectivity index (χ4v) is 2.29. The van der Waals surface area contributed by atoms with Crippen LogP contribution < -0.4 is 0 Å². The lowest BCUT2D eigenvalue weighted by atomic mass is 10.1. The molecular weight excluding hydrogens is 216 g/mol. The smallest absolute Gasteiger partial charge is 0.147 e. The minimum absolute atomic E-state index is 0.420. The van der Waals surface area contributed by atoms with Crippen LogP contribution in [-0.2, 0) is 11.3 Å². The monoisotopic (exact) mass is 238 g/mol. The molecule has 2 rings (SSSR count). The molecule has 1 aliphatic heterocycles. The van der Waals surface area contributed by atoms with E-state index in [4.69, 9.17) is 4.74 Å². The van der Waals surface area contributed by atoms with Gasteiger partial charge in [-0.15, -0.1) is 10.2 Å². The maximum absolute atomic E-state index is 5.40. The van der Waals surface area contributed by atoms with Crippen LogP contribution in [0.1, 0.15) is 32.1 Å². The molecule has 1 aromatic heterocycles. The molecule has 96 valence electrons. The molecule has 0 aliphatic carbocycles. The van der Waals surface area contributed by atoms with E-state index in [9.17, 15) is 0 Å². The van der Waals surface area contributed by atoms with Gasteiger partial charge in [0.2, 0.25) is 0 Å². The SMILES string of the molecule is CC(C)n1cnnc1CN(C)C[C@H]1CCOC1. The number of rotatable bonds is 5. The van der Waals surface area contributed by atoms with Crippen LogP contribution in [0.2, 0.25) is 0 Å². The topological polar surface area (TPSA) is 43.2 Å². The zero-order chi connectivity index (χ0) is 12.3. The second-order valence-corrected chi connectivity index (χ2v) is 5.17. The zero-order valence-electron chi connectivity index (χ0n) is 11.0. The molecule has 5 heteroatoms. The molecule has 0 unspecified atom stereocenters. The van der Waals surface area contributed by atoms with Crippen molar-refractivity contribution >= 4 is 0 Å². The average Bonchev–Trinajstić information content (AvgIpc) is 2.88. The summed E-state index contributed by atoms with van der Waals surface area (Å²) < 4.78 is 7.52. The summed E-state index contributed by atoms with van der Waals surface area (Å²) in [7, 11) is 2.14. The van der Waals surface area contributed by atoms with Gasteiger partial charge in [-0.2, -0.15) is 0 Å². The maximum Gasteiger partial charge on any atom is 0.147 e. The first-order valence-corrected chi connectivity index (χ1v) is 6.31. The fourth-order valence-electron chi connectivity index (χ4n) is 2.29. The van der Waals surface area contributed by atoms with Crippen molar-refractivity contribution in [2.45, 2.75) is 32.9 Å². The first-order chi connectivity index (χ1) is 8.16. The molecule has 0 bridgehead atoms. The van der Waals surface area contributed by atoms with Crippen molar-refractivity contribution in [1.29, 1.82) is 0 Å². The van der Waals surface area contributed by atoms with Gasteiger partial charge in [0, 0.05) is 19.2 Å². The number of nitrogens with zero attached hydrogens (tertiary/aromatic N) is 4. The van der Waals surface area contributed by atoms with Crippen LogP contribution >= 0.6 is 0 Å². The van der Waals surface area contributed by atoms with Gasteiger partial charge in [-0.05, 0) is 33.2 Å². The Bertz CT molecular complexity index is 344. The molecule has 0 saturated carbocycles. The van der Waals surface area contributed by atoms with E-state index in [0.29, 0.717) is 12.0 Å². The quantitative estimate of drug-likeness (QED) is 0.776. The molecule has 5 nitrogen and oxygen atoms in total. The minimum atomic E-state index is 0.420. The van der Waals surface area contributed by atoms with Crippen molar-refractivity contribution in [2.75, 3.05) is 26.8 Å². The van der Waals surface area contributed by atoms with E-state index in [1.165, 1.54) is 6.42 Å². The largest absolute Gasteiger partial charge is 0.381 e. The Hall–Kier alpha value is -0.940. The first-order valence-electron chi connectivity index (χ1n) is 6.31. The Morgan fingerprint density at radius 1 is 1.59 bits per heavy atom. The van der Waals surface area contributed by atoms with Gasteiger partial charge in [0.15, 0.2) is 0 Å². The van der Waals surface area contributed by atoms with Gasteiger partial charge < -0.3 is 9.30 Å². The van der Waals surface area contributed by atoms with Crippen LogP contribution in [0.5, 0.6) is 0 Å². The molecule has 1 aromatic rings. The summed E-state index contributed by atoms with van der Waals surface area (Å²) in [5.41, 5.74) is 0. The van der Waals surface area contributed by atoms with Crippen molar-refractivity contribution in [3.8, 4) is 0 Å². The Balaban J connectivity index is 1.88. The summed E-state index contributed by atoms with van der Waals surface area (Å²) >= 11 is 0. The summed E-state index contributed by atoms with van der Waals surface area (Å²) in [6, 6.07) is 0.420. The van der Waals surface area contributed by atoms with Crippen LogP contribution in [-0.4, -0.2) is 46.5 Å². The van der Waals surface area contributed by atoms with Crippen LogP contribution in [0.3, 0.4) is 0 Å². The molecule has 2 heterocycles. The fraction of sp³-hybridized carbons (Fsp3) is 0.833. The van der Waals surface area contributed by atoms with E-state index in [0.717, 1.165) is 32.1 Å². The molecule has 0 radical (unpaired) electrons. The third-order valence-electron chi connectivity index (χ3n) is 3.21. The van der Waals surface area contributed by atoms with E-state index in [2.05, 4.69) is 40.6 Å². The van der Waals surface area contributed by atoms with E-state index in [1.807, 2.05) is 6.33 Å². The summed E-state index contributed by atoms with van der Waals surface area (Å²) in [4.78, 5) is 2.31. The molecule has 17 heavy (non-hydrogen) atoms. The van der Waals surface area contributed by atoms with Gasteiger partial charge >= 0.3 is 0 Å². The Labute approximate surface area is 103 Å². The van der Waals surface area contributed by atoms with Gasteiger partial charge in [-0.3, -0.25) is 4.90 Å². The van der Waals surface area contributed by atoms with Gasteiger partial charge in [0.05, 0.1) is 13.2 Å². The highest BCUT2D eigenvalue weighted by molar-refractivity contribution is 4.88. The standard InChI is InChI=1S/C12H22N4O/c1-10(2)16-9-13-14-12(16)7-15(3)6-11-4-5-17-8-11/h9-11H,4-8H2,1-3H3/t11-/m1/s1. The molecule has 1 saturated heterocycles. The predicted molar refractivity (Wildman–Crippen MR) is 65.7 cm³/mol.